The molecule has 3 heterocycles. The summed E-state index contributed by atoms with van der Waals surface area (Å²) in [5.74, 6) is 2.45. The Hall–Kier alpha value is -2.41. The fraction of sp³-hybridized carbons (Fsp3) is 0.640. The third-order valence-corrected chi connectivity index (χ3v) is 8.56. The Morgan fingerprint density at radius 2 is 1.72 bits per heavy atom. The van der Waals surface area contributed by atoms with Gasteiger partial charge in [0, 0.05) is 31.9 Å². The predicted molar refractivity (Wildman–Crippen MR) is 121 cm³/mol. The third kappa shape index (κ3) is 3.51. The van der Waals surface area contributed by atoms with Crippen molar-refractivity contribution in [2.45, 2.75) is 57.4 Å². The Labute approximate surface area is 188 Å². The highest BCUT2D eigenvalue weighted by atomic mass is 16.2. The summed E-state index contributed by atoms with van der Waals surface area (Å²) in [5.41, 5.74) is 7.83. The number of rotatable bonds is 4. The molecule has 3 N–H and O–H groups in total. The summed E-state index contributed by atoms with van der Waals surface area (Å²) >= 11 is 0. The summed E-state index contributed by atoms with van der Waals surface area (Å²) in [5, 5.41) is 3.26. The van der Waals surface area contributed by atoms with Crippen LogP contribution in [0.4, 0.5) is 0 Å². The second-order valence-electron chi connectivity index (χ2n) is 11.0. The highest BCUT2D eigenvalue weighted by Gasteiger charge is 2.50. The standard InChI is InChI=1S/C25H33N5O2/c26-19-4-6-29(7-5-19)24(32)20-14-30-21(2-1-3-22(30)28-20)23(31)27-15-25-11-16-8-17(12-25)10-18(9-16)13-25/h1-3,14,16-19H,4-13,15,26H2,(H,27,31). The molecule has 7 heteroatoms. The van der Waals surface area contributed by atoms with Gasteiger partial charge in [-0.15, -0.1) is 0 Å². The lowest BCUT2D eigenvalue weighted by molar-refractivity contribution is -0.0503. The van der Waals surface area contributed by atoms with Crippen LogP contribution in [0.25, 0.3) is 5.65 Å². The van der Waals surface area contributed by atoms with Gasteiger partial charge in [-0.1, -0.05) is 6.07 Å². The quantitative estimate of drug-likeness (QED) is 0.772. The minimum absolute atomic E-state index is 0.0771. The number of pyridine rings is 1. The molecule has 2 amide bonds. The molecule has 4 aliphatic carbocycles. The van der Waals surface area contributed by atoms with Crippen LogP contribution >= 0.6 is 0 Å². The molecule has 1 saturated heterocycles. The fourth-order valence-electron chi connectivity index (χ4n) is 7.43. The van der Waals surface area contributed by atoms with Crippen LogP contribution in [-0.2, 0) is 0 Å². The molecule has 0 atom stereocenters. The van der Waals surface area contributed by atoms with Crippen LogP contribution < -0.4 is 11.1 Å². The molecule has 32 heavy (non-hydrogen) atoms. The Morgan fingerprint density at radius 3 is 2.38 bits per heavy atom. The van der Waals surface area contributed by atoms with E-state index in [0.717, 1.165) is 37.1 Å². The molecular weight excluding hydrogens is 402 g/mol. The van der Waals surface area contributed by atoms with Gasteiger partial charge >= 0.3 is 0 Å². The highest BCUT2D eigenvalue weighted by molar-refractivity contribution is 5.95. The molecule has 4 bridgehead atoms. The maximum atomic E-state index is 13.2. The number of fused-ring (bicyclic) bond motifs is 1. The Bertz CT molecular complexity index is 1020. The van der Waals surface area contributed by atoms with Gasteiger partial charge in [-0.3, -0.25) is 14.0 Å². The summed E-state index contributed by atoms with van der Waals surface area (Å²) in [6.45, 7) is 2.08. The number of hydrogen-bond donors (Lipinski definition) is 2. The summed E-state index contributed by atoms with van der Waals surface area (Å²) in [6, 6.07) is 5.68. The van der Waals surface area contributed by atoms with Gasteiger partial charge in [-0.05, 0) is 86.7 Å². The van der Waals surface area contributed by atoms with E-state index >= 15 is 0 Å². The molecule has 0 spiro atoms. The van der Waals surface area contributed by atoms with Gasteiger partial charge in [0.2, 0.25) is 0 Å². The lowest BCUT2D eigenvalue weighted by atomic mass is 9.49. The van der Waals surface area contributed by atoms with E-state index in [0.29, 0.717) is 35.5 Å². The van der Waals surface area contributed by atoms with Gasteiger partial charge in [0.25, 0.3) is 11.8 Å². The number of carbonyl (C=O) groups excluding carboxylic acids is 2. The summed E-state index contributed by atoms with van der Waals surface area (Å²) in [7, 11) is 0. The van der Waals surface area contributed by atoms with Crippen LogP contribution in [0.1, 0.15) is 72.3 Å². The van der Waals surface area contributed by atoms with Gasteiger partial charge in [0.15, 0.2) is 0 Å². The van der Waals surface area contributed by atoms with Gasteiger partial charge in [-0.25, -0.2) is 4.98 Å². The Morgan fingerprint density at radius 1 is 1.06 bits per heavy atom. The summed E-state index contributed by atoms with van der Waals surface area (Å²) < 4.78 is 1.76. The average molecular weight is 436 g/mol. The number of nitrogens with zero attached hydrogens (tertiary/aromatic N) is 3. The predicted octanol–water partition coefficient (Wildman–Crippen LogP) is 2.84. The van der Waals surface area contributed by atoms with Crippen molar-refractivity contribution < 1.29 is 9.59 Å². The maximum absolute atomic E-state index is 13.2. The third-order valence-electron chi connectivity index (χ3n) is 8.56. The van der Waals surface area contributed by atoms with Crippen LogP contribution in [0.5, 0.6) is 0 Å². The van der Waals surface area contributed by atoms with E-state index in [-0.39, 0.29) is 17.9 Å². The van der Waals surface area contributed by atoms with E-state index in [9.17, 15) is 9.59 Å². The molecule has 2 aromatic heterocycles. The zero-order valence-corrected chi connectivity index (χ0v) is 18.6. The first-order valence-corrected chi connectivity index (χ1v) is 12.3. The monoisotopic (exact) mass is 435 g/mol. The van der Waals surface area contributed by atoms with Gasteiger partial charge in [0.1, 0.15) is 17.0 Å². The first kappa shape index (κ1) is 20.2. The summed E-state index contributed by atoms with van der Waals surface area (Å²) in [6.07, 6.45) is 11.4. The number of nitrogens with two attached hydrogens (primary N) is 1. The van der Waals surface area contributed by atoms with Crippen LogP contribution in [0.15, 0.2) is 24.4 Å². The van der Waals surface area contributed by atoms with Crippen molar-refractivity contribution in [3.63, 3.8) is 0 Å². The summed E-state index contributed by atoms with van der Waals surface area (Å²) in [4.78, 5) is 32.5. The lowest BCUT2D eigenvalue weighted by Crippen LogP contribution is -2.51. The van der Waals surface area contributed by atoms with Crippen LogP contribution in [-0.4, -0.2) is 51.8 Å². The molecule has 7 nitrogen and oxygen atoms in total. The number of imidazole rings is 1. The van der Waals surface area contributed by atoms with Crippen molar-refractivity contribution in [1.29, 1.82) is 0 Å². The maximum Gasteiger partial charge on any atom is 0.274 e. The zero-order valence-electron chi connectivity index (χ0n) is 18.6. The molecule has 0 radical (unpaired) electrons. The van der Waals surface area contributed by atoms with E-state index in [1.54, 1.807) is 10.6 Å². The van der Waals surface area contributed by atoms with Gasteiger partial charge < -0.3 is 16.0 Å². The van der Waals surface area contributed by atoms with Gasteiger partial charge in [0.05, 0.1) is 0 Å². The van der Waals surface area contributed by atoms with Crippen molar-refractivity contribution in [3.05, 3.63) is 35.8 Å². The molecule has 5 fully saturated rings. The van der Waals surface area contributed by atoms with Crippen LogP contribution in [0, 0.1) is 23.2 Å². The number of amides is 2. The molecule has 170 valence electrons. The van der Waals surface area contributed by atoms with Crippen molar-refractivity contribution in [3.8, 4) is 0 Å². The smallest absolute Gasteiger partial charge is 0.274 e. The first-order valence-electron chi connectivity index (χ1n) is 12.3. The Kier molecular flexibility index (Phi) is 4.79. The number of aromatic nitrogens is 2. The molecule has 4 saturated carbocycles. The van der Waals surface area contributed by atoms with Gasteiger partial charge in [-0.2, -0.15) is 0 Å². The van der Waals surface area contributed by atoms with Crippen molar-refractivity contribution in [1.82, 2.24) is 19.6 Å². The van der Waals surface area contributed by atoms with Crippen LogP contribution in [0.2, 0.25) is 0 Å². The first-order chi connectivity index (χ1) is 15.5. The van der Waals surface area contributed by atoms with E-state index < -0.39 is 0 Å². The average Bonchev–Trinajstić information content (AvgIpc) is 3.21. The lowest BCUT2D eigenvalue weighted by Gasteiger charge is -2.56. The number of piperidine rings is 1. The SMILES string of the molecule is NC1CCN(C(=O)c2cn3c(C(=O)NCC45CC6CC(CC(C6)C4)C5)cccc3n2)CC1. The van der Waals surface area contributed by atoms with Crippen molar-refractivity contribution >= 4 is 17.5 Å². The Balaban J connectivity index is 1.19. The second-order valence-corrected chi connectivity index (χ2v) is 11.0. The number of carbonyl (C=O) groups is 2. The van der Waals surface area contributed by atoms with Crippen LogP contribution in [0.3, 0.4) is 0 Å². The highest BCUT2D eigenvalue weighted by Crippen LogP contribution is 2.59. The van der Waals surface area contributed by atoms with E-state index in [1.807, 2.05) is 23.1 Å². The molecule has 7 rings (SSSR count). The molecule has 2 aromatic rings. The topological polar surface area (TPSA) is 92.7 Å². The van der Waals surface area contributed by atoms with Crippen molar-refractivity contribution in [2.75, 3.05) is 19.6 Å². The van der Waals surface area contributed by atoms with E-state index in [1.165, 1.54) is 38.5 Å². The van der Waals surface area contributed by atoms with E-state index in [4.69, 9.17) is 5.73 Å². The molecule has 5 aliphatic rings. The molecule has 0 aromatic carbocycles. The molecule has 0 unspecified atom stereocenters. The normalized spacial score (nSPS) is 31.9. The minimum Gasteiger partial charge on any atom is -0.350 e. The van der Waals surface area contributed by atoms with E-state index in [2.05, 4.69) is 10.3 Å². The van der Waals surface area contributed by atoms with Crippen molar-refractivity contribution in [2.24, 2.45) is 28.9 Å². The number of nitrogens with one attached hydrogen (secondary N) is 1. The molecular formula is C25H33N5O2. The number of hydrogen-bond acceptors (Lipinski definition) is 4. The minimum atomic E-state index is -0.0828. The molecule has 1 aliphatic heterocycles. The largest absolute Gasteiger partial charge is 0.350 e. The zero-order chi connectivity index (χ0) is 21.9. The fourth-order valence-corrected chi connectivity index (χ4v) is 7.43. The second kappa shape index (κ2) is 7.58. The number of likely N-dealkylation sites (tertiary alicyclic amines) is 1.